The van der Waals surface area contributed by atoms with Crippen LogP contribution in [0.1, 0.15) is 38.9 Å². The van der Waals surface area contributed by atoms with Crippen molar-refractivity contribution in [3.8, 4) is 0 Å². The van der Waals surface area contributed by atoms with Gasteiger partial charge in [-0.05, 0) is 45.9 Å². The molecule has 0 aromatic carbocycles. The summed E-state index contributed by atoms with van der Waals surface area (Å²) in [5, 5.41) is 15.1. The lowest BCUT2D eigenvalue weighted by atomic mass is 10.1. The Balaban J connectivity index is 1.64. The maximum atomic E-state index is 12.6. The number of carbonyl (C=O) groups is 2. The fourth-order valence-electron chi connectivity index (χ4n) is 3.38. The molecule has 3 aromatic rings. The number of Topliss-reactive ketones (excluding diaryl/α,β-unsaturated/α-hetero) is 1. The van der Waals surface area contributed by atoms with E-state index in [0.29, 0.717) is 12.1 Å². The van der Waals surface area contributed by atoms with Crippen LogP contribution in [0.25, 0.3) is 0 Å². The van der Waals surface area contributed by atoms with Gasteiger partial charge in [0.2, 0.25) is 5.78 Å². The number of nitro groups is 1. The summed E-state index contributed by atoms with van der Waals surface area (Å²) in [7, 11) is 0. The highest BCUT2D eigenvalue weighted by molar-refractivity contribution is 5.99. The molecule has 0 bridgehead atoms. The first-order chi connectivity index (χ1) is 14.2. The molecule has 0 spiro atoms. The van der Waals surface area contributed by atoms with Crippen LogP contribution < -0.4 is 0 Å². The first-order valence-electron chi connectivity index (χ1n) is 9.25. The Morgan fingerprint density at radius 1 is 1.23 bits per heavy atom. The lowest BCUT2D eigenvalue weighted by Gasteiger charge is -2.08. The summed E-state index contributed by atoms with van der Waals surface area (Å²) in [4.78, 5) is 35.2. The van der Waals surface area contributed by atoms with E-state index in [-0.39, 0.29) is 29.4 Å². The normalized spacial score (nSPS) is 10.9. The van der Waals surface area contributed by atoms with Crippen LogP contribution in [0.3, 0.4) is 0 Å². The van der Waals surface area contributed by atoms with Crippen molar-refractivity contribution >= 4 is 17.4 Å². The molecular formula is C20H22N4O6. The Bertz CT molecular complexity index is 1110. The van der Waals surface area contributed by atoms with E-state index in [2.05, 4.69) is 5.10 Å². The van der Waals surface area contributed by atoms with Gasteiger partial charge in [0.15, 0.2) is 6.61 Å². The second kappa shape index (κ2) is 8.36. The van der Waals surface area contributed by atoms with E-state index in [4.69, 9.17) is 9.15 Å². The fourth-order valence-corrected chi connectivity index (χ4v) is 3.38. The largest absolute Gasteiger partial charge is 0.467 e. The molecule has 0 aliphatic rings. The van der Waals surface area contributed by atoms with Gasteiger partial charge in [0.25, 0.3) is 0 Å². The highest BCUT2D eigenvalue weighted by atomic mass is 16.6. The molecule has 0 fully saturated rings. The maximum absolute atomic E-state index is 12.6. The monoisotopic (exact) mass is 414 g/mol. The molecule has 0 saturated carbocycles. The Morgan fingerprint density at radius 2 is 1.97 bits per heavy atom. The summed E-state index contributed by atoms with van der Waals surface area (Å²) in [5.74, 6) is -0.268. The lowest BCUT2D eigenvalue weighted by Crippen LogP contribution is -2.20. The van der Waals surface area contributed by atoms with E-state index < -0.39 is 17.5 Å². The van der Waals surface area contributed by atoms with Crippen LogP contribution in [0.5, 0.6) is 0 Å². The van der Waals surface area contributed by atoms with Crippen LogP contribution in [-0.4, -0.2) is 37.6 Å². The van der Waals surface area contributed by atoms with Gasteiger partial charge in [-0.2, -0.15) is 5.10 Å². The van der Waals surface area contributed by atoms with Gasteiger partial charge in [0.05, 0.1) is 17.7 Å². The van der Waals surface area contributed by atoms with Gasteiger partial charge in [-0.15, -0.1) is 0 Å². The zero-order valence-corrected chi connectivity index (χ0v) is 17.2. The van der Waals surface area contributed by atoms with Crippen LogP contribution in [-0.2, 0) is 22.6 Å². The third-order valence-electron chi connectivity index (χ3n) is 4.94. The number of carbonyl (C=O) groups excluding carboxylic acids is 2. The minimum absolute atomic E-state index is 0.136. The third-order valence-corrected chi connectivity index (χ3v) is 4.94. The van der Waals surface area contributed by atoms with Gasteiger partial charge in [-0.3, -0.25) is 24.4 Å². The summed E-state index contributed by atoms with van der Waals surface area (Å²) < 4.78 is 13.6. The molecule has 0 saturated heterocycles. The minimum atomic E-state index is -0.701. The van der Waals surface area contributed by atoms with Crippen molar-refractivity contribution in [1.82, 2.24) is 14.3 Å². The Morgan fingerprint density at radius 3 is 2.57 bits per heavy atom. The van der Waals surface area contributed by atoms with Gasteiger partial charge >= 0.3 is 11.7 Å². The number of ketones is 1. The molecule has 0 aliphatic carbocycles. The van der Waals surface area contributed by atoms with Crippen molar-refractivity contribution < 1.29 is 23.7 Å². The number of ether oxygens (including phenoxy) is 1. The summed E-state index contributed by atoms with van der Waals surface area (Å²) in [6.07, 6.45) is 1.59. The predicted octanol–water partition coefficient (Wildman–Crippen LogP) is 2.89. The van der Waals surface area contributed by atoms with Gasteiger partial charge in [-0.25, -0.2) is 0 Å². The molecule has 3 rings (SSSR count). The van der Waals surface area contributed by atoms with Gasteiger partial charge in [-0.1, -0.05) is 0 Å². The van der Waals surface area contributed by atoms with Crippen molar-refractivity contribution in [3.63, 3.8) is 0 Å². The zero-order valence-electron chi connectivity index (χ0n) is 17.2. The molecule has 0 N–H and O–H groups in total. The standard InChI is InChI=1S/C20H22N4O6/c1-12-8-17(14(3)22(12)9-16-6-5-7-29-16)18(25)11-30-19(26)10-23-15(4)20(24(27)28)13(2)21-23/h5-8H,9-11H2,1-4H3. The van der Waals surface area contributed by atoms with E-state index in [1.54, 1.807) is 18.4 Å². The molecule has 0 atom stereocenters. The molecule has 0 aliphatic heterocycles. The van der Waals surface area contributed by atoms with Crippen LogP contribution in [0, 0.1) is 37.8 Å². The van der Waals surface area contributed by atoms with Gasteiger partial charge in [0.1, 0.15) is 23.7 Å². The highest BCUT2D eigenvalue weighted by Crippen LogP contribution is 2.22. The number of furan rings is 1. The van der Waals surface area contributed by atoms with Crippen LogP contribution in [0.4, 0.5) is 5.69 Å². The van der Waals surface area contributed by atoms with E-state index in [9.17, 15) is 19.7 Å². The average molecular weight is 414 g/mol. The number of nitrogens with zero attached hydrogens (tertiary/aromatic N) is 4. The Kier molecular flexibility index (Phi) is 5.86. The number of aromatic nitrogens is 3. The van der Waals surface area contributed by atoms with E-state index in [0.717, 1.165) is 17.1 Å². The second-order valence-corrected chi connectivity index (χ2v) is 6.97. The second-order valence-electron chi connectivity index (χ2n) is 6.97. The molecule has 3 heterocycles. The van der Waals surface area contributed by atoms with E-state index >= 15 is 0 Å². The van der Waals surface area contributed by atoms with Gasteiger partial charge < -0.3 is 13.7 Å². The summed E-state index contributed by atoms with van der Waals surface area (Å²) >= 11 is 0. The van der Waals surface area contributed by atoms with Crippen molar-refractivity contribution in [2.45, 2.75) is 40.8 Å². The number of hydrogen-bond acceptors (Lipinski definition) is 7. The summed E-state index contributed by atoms with van der Waals surface area (Å²) in [6, 6.07) is 5.40. The number of aryl methyl sites for hydroxylation is 2. The lowest BCUT2D eigenvalue weighted by molar-refractivity contribution is -0.386. The van der Waals surface area contributed by atoms with Gasteiger partial charge in [0, 0.05) is 17.0 Å². The summed E-state index contributed by atoms with van der Waals surface area (Å²) in [5.41, 5.74) is 2.43. The molecule has 10 nitrogen and oxygen atoms in total. The predicted molar refractivity (Wildman–Crippen MR) is 105 cm³/mol. The van der Waals surface area contributed by atoms with Crippen LogP contribution in [0.15, 0.2) is 28.9 Å². The molecule has 158 valence electrons. The average Bonchev–Trinajstić information content (AvgIpc) is 3.35. The zero-order chi connectivity index (χ0) is 22.0. The molecular weight excluding hydrogens is 392 g/mol. The highest BCUT2D eigenvalue weighted by Gasteiger charge is 2.24. The smallest absolute Gasteiger partial charge is 0.328 e. The first-order valence-corrected chi connectivity index (χ1v) is 9.25. The van der Waals surface area contributed by atoms with Crippen LogP contribution >= 0.6 is 0 Å². The summed E-state index contributed by atoms with van der Waals surface area (Å²) in [6.45, 7) is 6.46. The Labute approximate surface area is 172 Å². The molecule has 0 unspecified atom stereocenters. The van der Waals surface area contributed by atoms with Crippen LogP contribution in [0.2, 0.25) is 0 Å². The SMILES string of the molecule is Cc1nn(CC(=O)OCC(=O)c2cc(C)n(Cc3ccco3)c2C)c(C)c1[N+](=O)[O-]. The Hall–Kier alpha value is -3.69. The molecule has 10 heteroatoms. The third kappa shape index (κ3) is 4.17. The topological polar surface area (TPSA) is 122 Å². The van der Waals surface area contributed by atoms with Crippen molar-refractivity contribution in [2.75, 3.05) is 6.61 Å². The number of hydrogen-bond donors (Lipinski definition) is 0. The fraction of sp³-hybridized carbons (Fsp3) is 0.350. The molecule has 0 amide bonds. The molecule has 0 radical (unpaired) electrons. The molecule has 30 heavy (non-hydrogen) atoms. The van der Waals surface area contributed by atoms with Crippen molar-refractivity contribution in [3.05, 3.63) is 68.7 Å². The van der Waals surface area contributed by atoms with Crippen molar-refractivity contribution in [1.29, 1.82) is 0 Å². The van der Waals surface area contributed by atoms with E-state index in [1.165, 1.54) is 18.5 Å². The molecule has 3 aromatic heterocycles. The quantitative estimate of drug-likeness (QED) is 0.240. The van der Waals surface area contributed by atoms with Crippen molar-refractivity contribution in [2.24, 2.45) is 0 Å². The minimum Gasteiger partial charge on any atom is -0.467 e. The number of rotatable bonds is 8. The first kappa shape index (κ1) is 21.0. The maximum Gasteiger partial charge on any atom is 0.328 e. The number of esters is 1. The van der Waals surface area contributed by atoms with E-state index in [1.807, 2.05) is 24.5 Å².